The van der Waals surface area contributed by atoms with Crippen molar-refractivity contribution in [1.29, 1.82) is 0 Å². The minimum atomic E-state index is -0.421. The molecule has 3 N–H and O–H groups in total. The number of pyridine rings is 1. The van der Waals surface area contributed by atoms with Gasteiger partial charge in [0.1, 0.15) is 0 Å². The van der Waals surface area contributed by atoms with Gasteiger partial charge < -0.3 is 5.73 Å². The Balaban J connectivity index is 1.59. The Kier molecular flexibility index (Phi) is 4.88. The van der Waals surface area contributed by atoms with Crippen molar-refractivity contribution in [3.8, 4) is 0 Å². The molecule has 3 aromatic rings. The normalized spacial score (nSPS) is 21.5. The number of carbonyl (C=O) groups is 1. The van der Waals surface area contributed by atoms with Gasteiger partial charge >= 0.3 is 0 Å². The summed E-state index contributed by atoms with van der Waals surface area (Å²) < 4.78 is -0.421. The fourth-order valence-electron chi connectivity index (χ4n) is 3.29. The van der Waals surface area contributed by atoms with Gasteiger partial charge in [0.25, 0.3) is 0 Å². The minimum absolute atomic E-state index is 0.319. The molecule has 1 aliphatic rings. The van der Waals surface area contributed by atoms with E-state index in [2.05, 4.69) is 27.3 Å². The number of thioether (sulfide) groups is 1. The lowest BCUT2D eigenvalue weighted by Gasteiger charge is -2.32. The van der Waals surface area contributed by atoms with Gasteiger partial charge in [0, 0.05) is 16.5 Å². The van der Waals surface area contributed by atoms with Gasteiger partial charge in [-0.1, -0.05) is 30.4 Å². The highest BCUT2D eigenvalue weighted by Crippen LogP contribution is 2.42. The van der Waals surface area contributed by atoms with Crippen molar-refractivity contribution in [3.05, 3.63) is 78.3 Å². The molecule has 2 unspecified atom stereocenters. The highest BCUT2D eigenvalue weighted by Gasteiger charge is 2.36. The number of fused-ring (bicyclic) bond motifs is 1. The zero-order valence-corrected chi connectivity index (χ0v) is 16.2. The molecule has 2 aromatic heterocycles. The van der Waals surface area contributed by atoms with Crippen LogP contribution in [0.25, 0.3) is 23.1 Å². The average molecular weight is 388 g/mol. The molecule has 0 bridgehead atoms. The number of amides is 1. The molecular formula is C22H20N4OS. The zero-order valence-electron chi connectivity index (χ0n) is 15.4. The van der Waals surface area contributed by atoms with Crippen molar-refractivity contribution >= 4 is 40.7 Å². The van der Waals surface area contributed by atoms with E-state index in [1.807, 2.05) is 67.6 Å². The smallest absolute Gasteiger partial charge is 0.226 e. The van der Waals surface area contributed by atoms with Gasteiger partial charge in [-0.25, -0.2) is 0 Å². The number of carbonyl (C=O) groups excluding carboxylic acids is 1. The highest BCUT2D eigenvalue weighted by atomic mass is 32.2. The van der Waals surface area contributed by atoms with E-state index in [9.17, 15) is 4.79 Å². The van der Waals surface area contributed by atoms with Crippen LogP contribution in [0.5, 0.6) is 0 Å². The van der Waals surface area contributed by atoms with Crippen LogP contribution < -0.4 is 5.73 Å². The summed E-state index contributed by atoms with van der Waals surface area (Å²) in [6, 6.07) is 11.9. The molecule has 0 saturated heterocycles. The Morgan fingerprint density at radius 3 is 2.93 bits per heavy atom. The number of nitrogens with two attached hydrogens (primary N) is 1. The van der Waals surface area contributed by atoms with E-state index in [4.69, 9.17) is 5.73 Å². The molecule has 140 valence electrons. The van der Waals surface area contributed by atoms with Crippen molar-refractivity contribution < 1.29 is 4.79 Å². The molecule has 0 fully saturated rings. The largest absolute Gasteiger partial charge is 0.369 e. The van der Waals surface area contributed by atoms with E-state index >= 15 is 0 Å². The number of benzene rings is 1. The van der Waals surface area contributed by atoms with Crippen molar-refractivity contribution in [2.45, 2.75) is 16.6 Å². The van der Waals surface area contributed by atoms with Crippen LogP contribution in [0.15, 0.2) is 71.8 Å². The first-order chi connectivity index (χ1) is 13.5. The van der Waals surface area contributed by atoms with Gasteiger partial charge in [-0.05, 0) is 49.4 Å². The number of aromatic amines is 1. The van der Waals surface area contributed by atoms with Gasteiger partial charge in [0.05, 0.1) is 27.6 Å². The fraction of sp³-hybridized carbons (Fsp3) is 0.136. The lowest BCUT2D eigenvalue weighted by Crippen LogP contribution is -2.38. The molecule has 0 saturated carbocycles. The molecule has 5 nitrogen and oxygen atoms in total. The first-order valence-corrected chi connectivity index (χ1v) is 9.78. The van der Waals surface area contributed by atoms with Gasteiger partial charge in [-0.15, -0.1) is 11.8 Å². The van der Waals surface area contributed by atoms with Crippen LogP contribution in [0.4, 0.5) is 0 Å². The number of hydrogen-bond acceptors (Lipinski definition) is 4. The van der Waals surface area contributed by atoms with Gasteiger partial charge in [-0.2, -0.15) is 5.10 Å². The maximum absolute atomic E-state index is 11.9. The molecule has 1 aromatic carbocycles. The summed E-state index contributed by atoms with van der Waals surface area (Å²) in [7, 11) is 0. The highest BCUT2D eigenvalue weighted by molar-refractivity contribution is 8.00. The number of hydrogen-bond donors (Lipinski definition) is 2. The number of aromatic nitrogens is 3. The number of nitrogens with one attached hydrogen (secondary N) is 1. The zero-order chi connectivity index (χ0) is 19.6. The number of rotatable bonds is 5. The van der Waals surface area contributed by atoms with E-state index in [1.165, 1.54) is 0 Å². The van der Waals surface area contributed by atoms with E-state index in [0.717, 1.165) is 27.2 Å². The molecule has 0 radical (unpaired) electrons. The number of H-pyrrole nitrogens is 1. The van der Waals surface area contributed by atoms with Crippen LogP contribution in [-0.4, -0.2) is 25.8 Å². The predicted molar refractivity (Wildman–Crippen MR) is 114 cm³/mol. The van der Waals surface area contributed by atoms with Crippen LogP contribution in [0, 0.1) is 5.92 Å². The molecule has 1 aliphatic carbocycles. The van der Waals surface area contributed by atoms with E-state index in [-0.39, 0.29) is 11.8 Å². The van der Waals surface area contributed by atoms with Crippen LogP contribution in [-0.2, 0) is 4.79 Å². The predicted octanol–water partition coefficient (Wildman–Crippen LogP) is 4.21. The molecular weight excluding hydrogens is 368 g/mol. The van der Waals surface area contributed by atoms with Crippen LogP contribution in [0.3, 0.4) is 0 Å². The third kappa shape index (κ3) is 3.64. The molecule has 1 amide bonds. The summed E-state index contributed by atoms with van der Waals surface area (Å²) in [6.07, 6.45) is 13.4. The maximum Gasteiger partial charge on any atom is 0.226 e. The van der Waals surface area contributed by atoms with Gasteiger partial charge in [0.15, 0.2) is 0 Å². The Hall–Kier alpha value is -3.12. The maximum atomic E-state index is 11.9. The second-order valence-corrected chi connectivity index (χ2v) is 8.37. The first kappa shape index (κ1) is 18.3. The fourth-order valence-corrected chi connectivity index (χ4v) is 4.58. The second kappa shape index (κ2) is 7.48. The summed E-state index contributed by atoms with van der Waals surface area (Å²) in [4.78, 5) is 17.2. The lowest BCUT2D eigenvalue weighted by molar-refractivity contribution is -0.120. The topological polar surface area (TPSA) is 84.7 Å². The summed E-state index contributed by atoms with van der Waals surface area (Å²) in [5, 5.41) is 8.54. The minimum Gasteiger partial charge on any atom is -0.369 e. The Morgan fingerprint density at radius 1 is 1.25 bits per heavy atom. The third-order valence-electron chi connectivity index (χ3n) is 4.77. The number of nitrogens with zero attached hydrogens (tertiary/aromatic N) is 2. The molecule has 28 heavy (non-hydrogen) atoms. The molecule has 0 spiro atoms. The van der Waals surface area contributed by atoms with E-state index < -0.39 is 4.75 Å². The third-order valence-corrected chi connectivity index (χ3v) is 6.09. The van der Waals surface area contributed by atoms with E-state index in [1.54, 1.807) is 18.0 Å². The Labute approximate surface area is 167 Å². The van der Waals surface area contributed by atoms with Crippen molar-refractivity contribution in [3.63, 3.8) is 0 Å². The van der Waals surface area contributed by atoms with Crippen molar-refractivity contribution in [2.24, 2.45) is 11.7 Å². The second-order valence-electron chi connectivity index (χ2n) is 6.81. The molecule has 6 heteroatoms. The lowest BCUT2D eigenvalue weighted by atomic mass is 9.88. The standard InChI is InChI=1S/C22H20N4OS/c1-22(12-4-2-7-18(22)21(23)27)28-16-9-10-17-19(25-26-20(17)14-16)11-8-15-6-3-5-13-24-15/h2-14,18H,1H3,(H2,23,27)(H,25,26)/b11-8+. The summed E-state index contributed by atoms with van der Waals surface area (Å²) in [5.41, 5.74) is 8.29. The van der Waals surface area contributed by atoms with Crippen molar-refractivity contribution in [2.75, 3.05) is 0 Å². The average Bonchev–Trinajstić information content (AvgIpc) is 3.09. The van der Waals surface area contributed by atoms with Crippen molar-refractivity contribution in [1.82, 2.24) is 15.2 Å². The molecule has 0 aliphatic heterocycles. The molecule has 2 heterocycles. The van der Waals surface area contributed by atoms with Gasteiger partial charge in [-0.3, -0.25) is 14.9 Å². The van der Waals surface area contributed by atoms with E-state index in [0.29, 0.717) is 0 Å². The number of allylic oxidation sites excluding steroid dienone is 2. The van der Waals surface area contributed by atoms with Gasteiger partial charge in [0.2, 0.25) is 5.91 Å². The SMILES string of the molecule is CC1(Sc2ccc3c(/C=C/c4ccccn4)n[nH]c3c2)C=CC=CC1C(N)=O. The Morgan fingerprint density at radius 2 is 2.14 bits per heavy atom. The first-order valence-electron chi connectivity index (χ1n) is 8.97. The van der Waals surface area contributed by atoms with Crippen LogP contribution in [0.2, 0.25) is 0 Å². The molecule has 2 atom stereocenters. The summed E-state index contributed by atoms with van der Waals surface area (Å²) >= 11 is 1.62. The summed E-state index contributed by atoms with van der Waals surface area (Å²) in [5.74, 6) is -0.669. The quantitative estimate of drug-likeness (QED) is 0.686. The summed E-state index contributed by atoms with van der Waals surface area (Å²) in [6.45, 7) is 2.03. The van der Waals surface area contributed by atoms with Crippen LogP contribution in [0.1, 0.15) is 18.3 Å². The Bertz CT molecular complexity index is 1100. The number of primary amides is 1. The van der Waals surface area contributed by atoms with Crippen LogP contribution >= 0.6 is 11.8 Å². The molecule has 4 rings (SSSR count). The monoisotopic (exact) mass is 388 g/mol.